The molecule has 5 N–H and O–H groups in total. The van der Waals surface area contributed by atoms with E-state index in [4.69, 9.17) is 16.2 Å². The molecular formula is C15H23N3O2S. The molecule has 1 saturated heterocycles. The molecule has 1 saturated carbocycles. The van der Waals surface area contributed by atoms with Crippen LogP contribution in [0.4, 0.5) is 10.7 Å². The van der Waals surface area contributed by atoms with Gasteiger partial charge in [0.1, 0.15) is 4.88 Å². The molecule has 2 fully saturated rings. The van der Waals surface area contributed by atoms with Gasteiger partial charge in [0.15, 0.2) is 0 Å². The van der Waals surface area contributed by atoms with Crippen molar-refractivity contribution in [3.8, 4) is 0 Å². The molecular weight excluding hydrogens is 286 g/mol. The van der Waals surface area contributed by atoms with Crippen LogP contribution < -0.4 is 16.8 Å². The number of thiophene rings is 1. The van der Waals surface area contributed by atoms with Crippen LogP contribution in [0.3, 0.4) is 0 Å². The molecule has 0 aromatic carbocycles. The zero-order valence-corrected chi connectivity index (χ0v) is 13.2. The Balaban J connectivity index is 1.75. The Morgan fingerprint density at radius 1 is 1.43 bits per heavy atom. The molecule has 0 bridgehead atoms. The van der Waals surface area contributed by atoms with Crippen LogP contribution in [0.1, 0.15) is 53.8 Å². The van der Waals surface area contributed by atoms with E-state index in [1.165, 1.54) is 11.3 Å². The lowest BCUT2D eigenvalue weighted by atomic mass is 9.99. The van der Waals surface area contributed by atoms with Crippen molar-refractivity contribution in [1.29, 1.82) is 0 Å². The number of rotatable bonds is 6. The number of amides is 1. The number of carbonyl (C=O) groups is 1. The van der Waals surface area contributed by atoms with Crippen LogP contribution >= 0.6 is 11.3 Å². The van der Waals surface area contributed by atoms with E-state index in [0.717, 1.165) is 49.4 Å². The topological polar surface area (TPSA) is 90.4 Å². The second kappa shape index (κ2) is 5.85. The Bertz CT molecular complexity index is 539. The minimum Gasteiger partial charge on any atom is -0.397 e. The summed E-state index contributed by atoms with van der Waals surface area (Å²) in [7, 11) is 0. The summed E-state index contributed by atoms with van der Waals surface area (Å²) >= 11 is 1.40. The first-order chi connectivity index (χ1) is 10.1. The van der Waals surface area contributed by atoms with Gasteiger partial charge in [0.25, 0.3) is 5.91 Å². The molecule has 3 rings (SSSR count). The van der Waals surface area contributed by atoms with E-state index in [9.17, 15) is 4.79 Å². The second-order valence-corrected chi connectivity index (χ2v) is 6.99. The molecule has 0 spiro atoms. The molecule has 1 aliphatic heterocycles. The summed E-state index contributed by atoms with van der Waals surface area (Å²) < 4.78 is 5.72. The van der Waals surface area contributed by atoms with Crippen molar-refractivity contribution >= 4 is 27.9 Å². The van der Waals surface area contributed by atoms with Crippen LogP contribution in [0.15, 0.2) is 0 Å². The Labute approximate surface area is 129 Å². The average Bonchev–Trinajstić information content (AvgIpc) is 3.08. The predicted molar refractivity (Wildman–Crippen MR) is 85.9 cm³/mol. The maximum absolute atomic E-state index is 11.5. The molecule has 5 nitrogen and oxygen atoms in total. The van der Waals surface area contributed by atoms with E-state index in [-0.39, 0.29) is 0 Å². The number of hydrogen-bond donors (Lipinski definition) is 3. The molecule has 2 atom stereocenters. The maximum atomic E-state index is 11.5. The molecule has 1 aromatic heterocycles. The molecule has 1 aromatic rings. The van der Waals surface area contributed by atoms with Gasteiger partial charge in [-0.1, -0.05) is 6.92 Å². The van der Waals surface area contributed by atoms with Crippen LogP contribution in [0, 0.1) is 5.92 Å². The van der Waals surface area contributed by atoms with Crippen molar-refractivity contribution in [3.05, 3.63) is 10.4 Å². The molecule has 21 heavy (non-hydrogen) atoms. The van der Waals surface area contributed by atoms with Crippen LogP contribution in [0.2, 0.25) is 0 Å². The molecule has 1 amide bonds. The molecule has 6 heteroatoms. The lowest BCUT2D eigenvalue weighted by Crippen LogP contribution is -2.22. The molecule has 2 heterocycles. The first kappa shape index (κ1) is 14.7. The molecule has 1 aliphatic carbocycles. The van der Waals surface area contributed by atoms with E-state index < -0.39 is 5.91 Å². The number of nitrogen functional groups attached to an aromatic ring is 1. The number of hydrogen-bond acceptors (Lipinski definition) is 5. The molecule has 2 aliphatic rings. The normalized spacial score (nSPS) is 25.2. The number of nitrogens with one attached hydrogen (secondary N) is 1. The first-order valence-electron chi connectivity index (χ1n) is 7.69. The van der Waals surface area contributed by atoms with Crippen molar-refractivity contribution in [1.82, 2.24) is 0 Å². The van der Waals surface area contributed by atoms with Gasteiger partial charge in [-0.15, -0.1) is 11.3 Å². The fraction of sp³-hybridized carbons (Fsp3) is 0.667. The fourth-order valence-electron chi connectivity index (χ4n) is 3.15. The molecule has 116 valence electrons. The third-order valence-electron chi connectivity index (χ3n) is 4.47. The highest BCUT2D eigenvalue weighted by Crippen LogP contribution is 2.50. The highest BCUT2D eigenvalue weighted by Gasteiger charge is 2.33. The molecule has 2 unspecified atom stereocenters. The number of anilines is 2. The number of carbonyl (C=O) groups excluding carboxylic acids is 1. The zero-order chi connectivity index (χ0) is 15.0. The van der Waals surface area contributed by atoms with Crippen LogP contribution in [0.5, 0.6) is 0 Å². The standard InChI is InChI=1S/C15H23N3O2S/c1-2-10-9(5-6-20-10)7-18-15-11(8-3-4-8)12(16)13(21-15)14(17)19/h8-10,18H,2-7,16H2,1H3,(H2,17,19). The minimum absolute atomic E-state index is 0.342. The summed E-state index contributed by atoms with van der Waals surface area (Å²) in [5, 5.41) is 4.54. The Hall–Kier alpha value is -1.27. The zero-order valence-electron chi connectivity index (χ0n) is 12.4. The second-order valence-electron chi connectivity index (χ2n) is 5.97. The Morgan fingerprint density at radius 2 is 2.19 bits per heavy atom. The van der Waals surface area contributed by atoms with Gasteiger partial charge in [0, 0.05) is 24.6 Å². The van der Waals surface area contributed by atoms with E-state index in [0.29, 0.717) is 28.5 Å². The van der Waals surface area contributed by atoms with Crippen LogP contribution in [-0.2, 0) is 4.74 Å². The van der Waals surface area contributed by atoms with Gasteiger partial charge >= 0.3 is 0 Å². The summed E-state index contributed by atoms with van der Waals surface area (Å²) in [6, 6.07) is 0. The highest BCUT2D eigenvalue weighted by molar-refractivity contribution is 7.18. The predicted octanol–water partition coefficient (Wildman–Crippen LogP) is 2.53. The summed E-state index contributed by atoms with van der Waals surface area (Å²) in [6.45, 7) is 3.88. The lowest BCUT2D eigenvalue weighted by Gasteiger charge is -2.18. The summed E-state index contributed by atoms with van der Waals surface area (Å²) in [5.74, 6) is 0.601. The third kappa shape index (κ3) is 2.87. The van der Waals surface area contributed by atoms with E-state index in [1.54, 1.807) is 0 Å². The minimum atomic E-state index is -0.428. The van der Waals surface area contributed by atoms with Crippen molar-refractivity contribution in [2.45, 2.75) is 44.6 Å². The van der Waals surface area contributed by atoms with Gasteiger partial charge in [-0.05, 0) is 31.6 Å². The summed E-state index contributed by atoms with van der Waals surface area (Å²) in [6.07, 6.45) is 4.78. The van der Waals surface area contributed by atoms with Gasteiger partial charge in [-0.3, -0.25) is 4.79 Å². The van der Waals surface area contributed by atoms with Crippen LogP contribution in [0.25, 0.3) is 0 Å². The third-order valence-corrected chi connectivity index (χ3v) is 5.66. The Kier molecular flexibility index (Phi) is 4.08. The van der Waals surface area contributed by atoms with Gasteiger partial charge in [0.05, 0.1) is 16.8 Å². The van der Waals surface area contributed by atoms with Crippen LogP contribution in [-0.4, -0.2) is 25.2 Å². The van der Waals surface area contributed by atoms with E-state index in [2.05, 4.69) is 12.2 Å². The average molecular weight is 309 g/mol. The van der Waals surface area contributed by atoms with Crippen molar-refractivity contribution < 1.29 is 9.53 Å². The van der Waals surface area contributed by atoms with Gasteiger partial charge in [0.2, 0.25) is 0 Å². The number of nitrogens with two attached hydrogens (primary N) is 2. The lowest BCUT2D eigenvalue weighted by molar-refractivity contribution is 0.0900. The van der Waals surface area contributed by atoms with Gasteiger partial charge in [-0.25, -0.2) is 0 Å². The van der Waals surface area contributed by atoms with Gasteiger partial charge < -0.3 is 21.5 Å². The quantitative estimate of drug-likeness (QED) is 0.753. The maximum Gasteiger partial charge on any atom is 0.260 e. The van der Waals surface area contributed by atoms with Gasteiger partial charge in [-0.2, -0.15) is 0 Å². The smallest absolute Gasteiger partial charge is 0.260 e. The Morgan fingerprint density at radius 3 is 2.81 bits per heavy atom. The fourth-order valence-corrected chi connectivity index (χ4v) is 4.22. The molecule has 0 radical (unpaired) electrons. The first-order valence-corrected chi connectivity index (χ1v) is 8.50. The van der Waals surface area contributed by atoms with E-state index >= 15 is 0 Å². The van der Waals surface area contributed by atoms with Crippen molar-refractivity contribution in [3.63, 3.8) is 0 Å². The monoisotopic (exact) mass is 309 g/mol. The van der Waals surface area contributed by atoms with Crippen molar-refractivity contribution in [2.75, 3.05) is 24.2 Å². The number of primary amides is 1. The SMILES string of the molecule is CCC1OCCC1CNc1sc(C(N)=O)c(N)c1C1CC1. The largest absolute Gasteiger partial charge is 0.397 e. The van der Waals surface area contributed by atoms with E-state index in [1.807, 2.05) is 0 Å². The summed E-state index contributed by atoms with van der Waals surface area (Å²) in [4.78, 5) is 12.0. The van der Waals surface area contributed by atoms with Crippen molar-refractivity contribution in [2.24, 2.45) is 11.7 Å². The highest BCUT2D eigenvalue weighted by atomic mass is 32.1. The summed E-state index contributed by atoms with van der Waals surface area (Å²) in [5.41, 5.74) is 13.3. The number of ether oxygens (including phenoxy) is 1.